The first-order valence-electron chi connectivity index (χ1n) is 14.0. The second-order valence-corrected chi connectivity index (χ2v) is 10.5. The number of anilines is 3. The Morgan fingerprint density at radius 1 is 1.07 bits per heavy atom. The standard InChI is InChI=1S/C32H29FN6O4/c1-20-24(31(40)41)8-9-25(28(20)33)29-26(18-34)30-35-27-10-7-23(17-22(27)11-12-39(30)36-29)37-13-15-38(16-14-37)32(42)43-19-21-5-3-2-4-6-21/h2-10,17,35H,11-16,19H2,1H3,(H,40,41). The van der Waals surface area contributed by atoms with Gasteiger partial charge < -0.3 is 25.0 Å². The summed E-state index contributed by atoms with van der Waals surface area (Å²) in [6.45, 7) is 4.55. The monoisotopic (exact) mass is 580 g/mol. The largest absolute Gasteiger partial charge is 0.478 e. The summed E-state index contributed by atoms with van der Waals surface area (Å²) >= 11 is 0. The average molecular weight is 581 g/mol. The summed E-state index contributed by atoms with van der Waals surface area (Å²) in [4.78, 5) is 28.0. The first-order chi connectivity index (χ1) is 20.8. The van der Waals surface area contributed by atoms with Gasteiger partial charge in [-0.2, -0.15) is 10.4 Å². The number of carboxylic acids is 1. The number of carboxylic acid groups (broad SMARTS) is 1. The van der Waals surface area contributed by atoms with Crippen molar-refractivity contribution in [3.8, 4) is 17.3 Å². The fourth-order valence-electron chi connectivity index (χ4n) is 5.56. The van der Waals surface area contributed by atoms with E-state index in [0.717, 1.165) is 22.5 Å². The number of hydrogen-bond donors (Lipinski definition) is 2. The number of nitrogens with zero attached hydrogens (tertiary/aromatic N) is 5. The molecule has 1 aromatic heterocycles. The second kappa shape index (κ2) is 11.5. The van der Waals surface area contributed by atoms with Crippen molar-refractivity contribution in [1.82, 2.24) is 14.7 Å². The number of ether oxygens (including phenoxy) is 1. The lowest BCUT2D eigenvalue weighted by Crippen LogP contribution is -2.49. The van der Waals surface area contributed by atoms with Crippen LogP contribution in [0.1, 0.15) is 32.6 Å². The molecule has 43 heavy (non-hydrogen) atoms. The number of hydrogen-bond acceptors (Lipinski definition) is 7. The lowest BCUT2D eigenvalue weighted by Gasteiger charge is -2.35. The molecule has 1 amide bonds. The van der Waals surface area contributed by atoms with Gasteiger partial charge in [-0.15, -0.1) is 0 Å². The highest BCUT2D eigenvalue weighted by atomic mass is 19.1. The van der Waals surface area contributed by atoms with Gasteiger partial charge in [-0.3, -0.25) is 0 Å². The highest BCUT2D eigenvalue weighted by Gasteiger charge is 2.27. The third kappa shape index (κ3) is 5.35. The quantitative estimate of drug-likeness (QED) is 0.325. The van der Waals surface area contributed by atoms with Crippen LogP contribution in [0.5, 0.6) is 0 Å². The van der Waals surface area contributed by atoms with E-state index >= 15 is 4.39 Å². The highest BCUT2D eigenvalue weighted by molar-refractivity contribution is 5.91. The van der Waals surface area contributed by atoms with E-state index in [1.54, 1.807) is 9.58 Å². The summed E-state index contributed by atoms with van der Waals surface area (Å²) < 4.78 is 22.4. The maximum Gasteiger partial charge on any atom is 0.410 e. The Kier molecular flexibility index (Phi) is 7.42. The van der Waals surface area contributed by atoms with E-state index in [-0.39, 0.29) is 40.6 Å². The number of nitrogens with one attached hydrogen (secondary N) is 1. The number of rotatable bonds is 5. The van der Waals surface area contributed by atoms with Gasteiger partial charge in [0.1, 0.15) is 35.6 Å². The number of aryl methyl sites for hydroxylation is 2. The number of halogens is 1. The number of fused-ring (bicyclic) bond motifs is 2. The SMILES string of the molecule is Cc1c(C(=O)O)ccc(-c2nn3c(c2C#N)Nc2ccc(N4CCN(C(=O)OCc5ccccc5)CC4)cc2CC3)c1F. The molecule has 0 spiro atoms. The van der Waals surface area contributed by atoms with Gasteiger partial charge in [0.25, 0.3) is 0 Å². The number of aromatic nitrogens is 2. The van der Waals surface area contributed by atoms with Gasteiger partial charge in [-0.25, -0.2) is 18.7 Å². The third-order valence-corrected chi connectivity index (χ3v) is 7.98. The second-order valence-electron chi connectivity index (χ2n) is 10.5. The lowest BCUT2D eigenvalue weighted by molar-refractivity contribution is 0.0695. The smallest absolute Gasteiger partial charge is 0.410 e. The van der Waals surface area contributed by atoms with Crippen molar-refractivity contribution < 1.29 is 23.8 Å². The molecule has 0 unspecified atom stereocenters. The molecule has 0 aliphatic carbocycles. The molecule has 4 aromatic rings. The van der Waals surface area contributed by atoms with Gasteiger partial charge in [0.15, 0.2) is 0 Å². The fourth-order valence-corrected chi connectivity index (χ4v) is 5.56. The molecule has 1 saturated heterocycles. The number of aromatic carboxylic acids is 1. The minimum atomic E-state index is -1.22. The van der Waals surface area contributed by atoms with Crippen molar-refractivity contribution in [2.75, 3.05) is 36.4 Å². The zero-order chi connectivity index (χ0) is 30.1. The van der Waals surface area contributed by atoms with Crippen LogP contribution in [0.25, 0.3) is 11.3 Å². The van der Waals surface area contributed by atoms with Crippen LogP contribution in [0.3, 0.4) is 0 Å². The van der Waals surface area contributed by atoms with Crippen LogP contribution in [-0.4, -0.2) is 58.0 Å². The normalized spacial score (nSPS) is 14.2. The number of nitriles is 1. The molecule has 218 valence electrons. The van der Waals surface area contributed by atoms with Gasteiger partial charge in [0.05, 0.1) is 5.56 Å². The van der Waals surface area contributed by atoms with E-state index < -0.39 is 11.8 Å². The zero-order valence-electron chi connectivity index (χ0n) is 23.5. The van der Waals surface area contributed by atoms with Crippen LogP contribution in [0.2, 0.25) is 0 Å². The number of carbonyl (C=O) groups excluding carboxylic acids is 1. The maximum atomic E-state index is 15.2. The van der Waals surface area contributed by atoms with E-state index in [1.807, 2.05) is 42.5 Å². The molecule has 0 bridgehead atoms. The van der Waals surface area contributed by atoms with Crippen molar-refractivity contribution in [3.63, 3.8) is 0 Å². The molecule has 2 aliphatic heterocycles. The molecule has 3 heterocycles. The Balaban J connectivity index is 1.16. The van der Waals surface area contributed by atoms with Crippen molar-refractivity contribution in [2.24, 2.45) is 0 Å². The molecule has 3 aromatic carbocycles. The predicted octanol–water partition coefficient (Wildman–Crippen LogP) is 5.33. The van der Waals surface area contributed by atoms with E-state index in [4.69, 9.17) is 4.74 Å². The van der Waals surface area contributed by atoms with Crippen LogP contribution in [-0.2, 0) is 24.3 Å². The topological polar surface area (TPSA) is 124 Å². The molecule has 0 radical (unpaired) electrons. The average Bonchev–Trinajstić information content (AvgIpc) is 3.27. The summed E-state index contributed by atoms with van der Waals surface area (Å²) in [5.41, 5.74) is 4.16. The van der Waals surface area contributed by atoms with E-state index in [9.17, 15) is 20.0 Å². The number of carbonyl (C=O) groups is 2. The highest BCUT2D eigenvalue weighted by Crippen LogP contribution is 2.37. The van der Waals surface area contributed by atoms with Crippen molar-refractivity contribution in [1.29, 1.82) is 5.26 Å². The van der Waals surface area contributed by atoms with Crippen molar-refractivity contribution >= 4 is 29.3 Å². The Bertz CT molecular complexity index is 1760. The predicted molar refractivity (Wildman–Crippen MR) is 158 cm³/mol. The van der Waals surface area contributed by atoms with Crippen LogP contribution in [0.4, 0.5) is 26.4 Å². The van der Waals surface area contributed by atoms with Crippen molar-refractivity contribution in [2.45, 2.75) is 26.5 Å². The summed E-state index contributed by atoms with van der Waals surface area (Å²) in [5.74, 6) is -1.46. The molecule has 2 aliphatic rings. The van der Waals surface area contributed by atoms with E-state index in [1.165, 1.54) is 19.1 Å². The Morgan fingerprint density at radius 2 is 1.84 bits per heavy atom. The molecule has 0 atom stereocenters. The van der Waals surface area contributed by atoms with E-state index in [0.29, 0.717) is 45.0 Å². The first kappa shape index (κ1) is 27.8. The van der Waals surface area contributed by atoms with E-state index in [2.05, 4.69) is 27.5 Å². The van der Waals surface area contributed by atoms with Crippen molar-refractivity contribution in [3.05, 3.63) is 94.3 Å². The molecule has 1 fully saturated rings. The third-order valence-electron chi connectivity index (χ3n) is 7.98. The molecule has 10 nitrogen and oxygen atoms in total. The summed E-state index contributed by atoms with van der Waals surface area (Å²) in [5, 5.41) is 27.3. The minimum Gasteiger partial charge on any atom is -0.478 e. The van der Waals surface area contributed by atoms with Gasteiger partial charge in [-0.05, 0) is 60.4 Å². The van der Waals surface area contributed by atoms with Gasteiger partial charge in [-0.1, -0.05) is 30.3 Å². The van der Waals surface area contributed by atoms with Gasteiger partial charge >= 0.3 is 12.1 Å². The molecular weight excluding hydrogens is 551 g/mol. The Labute approximate surface area is 247 Å². The number of piperazine rings is 1. The Hall–Kier alpha value is -5.37. The Morgan fingerprint density at radius 3 is 2.56 bits per heavy atom. The maximum absolute atomic E-state index is 15.2. The molecule has 0 saturated carbocycles. The zero-order valence-corrected chi connectivity index (χ0v) is 23.5. The van der Waals surface area contributed by atoms with Gasteiger partial charge in [0.2, 0.25) is 0 Å². The van der Waals surface area contributed by atoms with Crippen LogP contribution in [0, 0.1) is 24.1 Å². The van der Waals surface area contributed by atoms with Crippen LogP contribution < -0.4 is 10.2 Å². The molecular formula is C32H29FN6O4. The summed E-state index contributed by atoms with van der Waals surface area (Å²) in [6.07, 6.45) is 0.310. The molecule has 2 N–H and O–H groups in total. The lowest BCUT2D eigenvalue weighted by atomic mass is 10.00. The van der Waals surface area contributed by atoms with Crippen LogP contribution in [0.15, 0.2) is 60.7 Å². The molecule has 11 heteroatoms. The number of benzene rings is 3. The summed E-state index contributed by atoms with van der Waals surface area (Å²) in [6, 6.07) is 20.5. The number of amides is 1. The van der Waals surface area contributed by atoms with Crippen LogP contribution >= 0.6 is 0 Å². The molecule has 6 rings (SSSR count). The first-order valence-corrected chi connectivity index (χ1v) is 14.0. The van der Waals surface area contributed by atoms with Gasteiger partial charge in [0, 0.05) is 49.7 Å². The summed E-state index contributed by atoms with van der Waals surface area (Å²) in [7, 11) is 0. The minimum absolute atomic E-state index is 0.00664. The fraction of sp³-hybridized carbons (Fsp3) is 0.250.